The van der Waals surface area contributed by atoms with Crippen molar-refractivity contribution >= 4 is 23.7 Å². The van der Waals surface area contributed by atoms with Crippen LogP contribution in [0.4, 0.5) is 0 Å². The zero-order valence-electron chi connectivity index (χ0n) is 18.3. The molecule has 6 heteroatoms. The fourth-order valence-corrected chi connectivity index (χ4v) is 2.27. The number of ketones is 1. The van der Waals surface area contributed by atoms with E-state index in [1.54, 1.807) is 0 Å². The van der Waals surface area contributed by atoms with Gasteiger partial charge in [0.2, 0.25) is 5.78 Å². The van der Waals surface area contributed by atoms with Gasteiger partial charge in [-0.15, -0.1) is 0 Å². The summed E-state index contributed by atoms with van der Waals surface area (Å²) in [6.45, 7) is 2.12. The van der Waals surface area contributed by atoms with E-state index in [2.05, 4.69) is 60.3 Å². The van der Waals surface area contributed by atoms with Crippen LogP contribution in [0, 0.1) is 0 Å². The van der Waals surface area contributed by atoms with E-state index in [-0.39, 0.29) is 6.42 Å². The lowest BCUT2D eigenvalue weighted by Gasteiger charge is -2.01. The summed E-state index contributed by atoms with van der Waals surface area (Å²) in [5.74, 6) is -4.26. The number of hydrogen-bond acceptors (Lipinski definition) is 5. The summed E-state index contributed by atoms with van der Waals surface area (Å²) in [6.07, 6.45) is 26.0. The van der Waals surface area contributed by atoms with E-state index in [1.165, 1.54) is 0 Å². The Kier molecular flexibility index (Phi) is 18.3. The van der Waals surface area contributed by atoms with Crippen LogP contribution in [0.3, 0.4) is 0 Å². The third-order valence-electron chi connectivity index (χ3n) is 3.91. The van der Waals surface area contributed by atoms with Crippen LogP contribution < -0.4 is 0 Å². The topological polar surface area (TPSA) is 97.7 Å². The molecule has 1 N–H and O–H groups in total. The van der Waals surface area contributed by atoms with Gasteiger partial charge in [-0.25, -0.2) is 4.79 Å². The maximum atomic E-state index is 11.5. The molecule has 0 saturated heterocycles. The lowest BCUT2D eigenvalue weighted by molar-refractivity contribution is -0.164. The zero-order valence-corrected chi connectivity index (χ0v) is 18.3. The number of ether oxygens (including phenoxy) is 1. The van der Waals surface area contributed by atoms with Gasteiger partial charge in [0, 0.05) is 12.8 Å². The molecule has 0 spiro atoms. The average molecular weight is 431 g/mol. The third kappa shape index (κ3) is 20.0. The molecule has 6 nitrogen and oxygen atoms in total. The largest absolute Gasteiger partial charge is 0.481 e. The van der Waals surface area contributed by atoms with Crippen molar-refractivity contribution in [2.75, 3.05) is 0 Å². The van der Waals surface area contributed by atoms with E-state index in [9.17, 15) is 19.2 Å². The Morgan fingerprint density at radius 1 is 0.677 bits per heavy atom. The van der Waals surface area contributed by atoms with E-state index >= 15 is 0 Å². The molecule has 170 valence electrons. The molecule has 0 rings (SSSR count). The monoisotopic (exact) mass is 430 g/mol. The maximum Gasteiger partial charge on any atom is 0.382 e. The van der Waals surface area contributed by atoms with Crippen LogP contribution in [0.25, 0.3) is 0 Å². The Morgan fingerprint density at radius 2 is 1.16 bits per heavy atom. The van der Waals surface area contributed by atoms with Crippen LogP contribution in [0.5, 0.6) is 0 Å². The van der Waals surface area contributed by atoms with Crippen LogP contribution >= 0.6 is 0 Å². The minimum atomic E-state index is -1.29. The Labute approximate surface area is 185 Å². The number of carbonyl (C=O) groups excluding carboxylic acids is 3. The van der Waals surface area contributed by atoms with Crippen molar-refractivity contribution in [2.24, 2.45) is 0 Å². The first-order chi connectivity index (χ1) is 15.0. The molecular weight excluding hydrogens is 396 g/mol. The number of carbonyl (C=O) groups is 4. The van der Waals surface area contributed by atoms with Crippen molar-refractivity contribution in [2.45, 2.75) is 71.1 Å². The summed E-state index contributed by atoms with van der Waals surface area (Å²) < 4.78 is 4.40. The highest BCUT2D eigenvalue weighted by molar-refractivity contribution is 6.35. The molecule has 0 saturated carbocycles. The summed E-state index contributed by atoms with van der Waals surface area (Å²) in [6, 6.07) is 0. The highest BCUT2D eigenvalue weighted by atomic mass is 16.6. The highest BCUT2D eigenvalue weighted by Gasteiger charge is 2.19. The molecule has 0 amide bonds. The summed E-state index contributed by atoms with van der Waals surface area (Å²) in [5, 5.41) is 8.45. The van der Waals surface area contributed by atoms with Crippen molar-refractivity contribution in [1.82, 2.24) is 0 Å². The van der Waals surface area contributed by atoms with Crippen LogP contribution in [0.15, 0.2) is 60.8 Å². The van der Waals surface area contributed by atoms with Gasteiger partial charge in [0.15, 0.2) is 0 Å². The second kappa shape index (κ2) is 20.3. The van der Waals surface area contributed by atoms with Crippen LogP contribution in [0.2, 0.25) is 0 Å². The van der Waals surface area contributed by atoms with Gasteiger partial charge >= 0.3 is 17.9 Å². The van der Waals surface area contributed by atoms with Gasteiger partial charge in [0.25, 0.3) is 0 Å². The lowest BCUT2D eigenvalue weighted by Crippen LogP contribution is -2.21. The number of allylic oxidation sites excluding steroid dienone is 10. The highest BCUT2D eigenvalue weighted by Crippen LogP contribution is 2.02. The maximum absolute atomic E-state index is 11.5. The average Bonchev–Trinajstić information content (AvgIpc) is 2.74. The van der Waals surface area contributed by atoms with E-state index in [0.29, 0.717) is 12.8 Å². The molecule has 0 aliphatic rings. The second-order valence-electron chi connectivity index (χ2n) is 6.68. The molecule has 0 aliphatic heterocycles. The predicted octanol–water partition coefficient (Wildman–Crippen LogP) is 5.41. The van der Waals surface area contributed by atoms with E-state index in [4.69, 9.17) is 5.11 Å². The third-order valence-corrected chi connectivity index (χ3v) is 3.91. The molecule has 0 atom stereocenters. The van der Waals surface area contributed by atoms with Crippen molar-refractivity contribution < 1.29 is 29.0 Å². The zero-order chi connectivity index (χ0) is 23.2. The van der Waals surface area contributed by atoms with Gasteiger partial charge in [-0.2, -0.15) is 0 Å². The van der Waals surface area contributed by atoms with E-state index < -0.39 is 36.5 Å². The Morgan fingerprint density at radius 3 is 1.65 bits per heavy atom. The van der Waals surface area contributed by atoms with Gasteiger partial charge in [0.05, 0.1) is 6.42 Å². The normalized spacial score (nSPS) is 12.0. The quantitative estimate of drug-likeness (QED) is 0.109. The van der Waals surface area contributed by atoms with Gasteiger partial charge in [0.1, 0.15) is 0 Å². The Balaban J connectivity index is 3.73. The smallest absolute Gasteiger partial charge is 0.382 e. The number of rotatable bonds is 17. The standard InChI is InChI=1S/C25H34O6/c1-2-3-4-5-6-7-8-9-10-11-12-13-14-15-16-17-18-19-24(29)31-25(30)22(26)20-21-23(27)28/h3-4,6-7,9-10,12-13,15-16H,2,5,8,11,14,17-21H2,1H3,(H,27,28)/b4-3-,7-6-,10-9-,13-12-,16-15-. The molecule has 0 bridgehead atoms. The first-order valence-corrected chi connectivity index (χ1v) is 10.7. The molecule has 0 heterocycles. The van der Waals surface area contributed by atoms with Gasteiger partial charge in [-0.1, -0.05) is 67.7 Å². The number of Topliss-reactive ketones (excluding diaryl/α,β-unsaturated/α-hetero) is 1. The van der Waals surface area contributed by atoms with Crippen molar-refractivity contribution in [1.29, 1.82) is 0 Å². The fraction of sp³-hybridized carbons (Fsp3) is 0.440. The Bertz CT molecular complexity index is 695. The lowest BCUT2D eigenvalue weighted by atomic mass is 10.2. The number of carboxylic acid groups (broad SMARTS) is 1. The minimum absolute atomic E-state index is 0.0201. The number of aliphatic carboxylic acids is 1. The predicted molar refractivity (Wildman–Crippen MR) is 121 cm³/mol. The summed E-state index contributed by atoms with van der Waals surface area (Å²) in [7, 11) is 0. The van der Waals surface area contributed by atoms with Gasteiger partial charge in [-0.3, -0.25) is 14.4 Å². The molecule has 0 aliphatic carbocycles. The Hall–Kier alpha value is -3.02. The van der Waals surface area contributed by atoms with Gasteiger partial charge < -0.3 is 9.84 Å². The SMILES string of the molecule is CC/C=C\C/C=C\C/C=C\C/C=C\C/C=C\CCCC(=O)OC(=O)C(=O)CCC(=O)O. The molecule has 31 heavy (non-hydrogen) atoms. The molecule has 0 fully saturated rings. The van der Waals surface area contributed by atoms with E-state index in [0.717, 1.165) is 32.1 Å². The van der Waals surface area contributed by atoms with E-state index in [1.807, 2.05) is 12.2 Å². The molecule has 0 aromatic carbocycles. The number of unbranched alkanes of at least 4 members (excludes halogenated alkanes) is 1. The van der Waals surface area contributed by atoms with Crippen LogP contribution in [-0.4, -0.2) is 28.8 Å². The first-order valence-electron chi connectivity index (χ1n) is 10.7. The number of carboxylic acids is 1. The minimum Gasteiger partial charge on any atom is -0.481 e. The second-order valence-corrected chi connectivity index (χ2v) is 6.68. The summed E-state index contributed by atoms with van der Waals surface area (Å²) in [4.78, 5) is 44.5. The van der Waals surface area contributed by atoms with Crippen molar-refractivity contribution in [3.05, 3.63) is 60.8 Å². The van der Waals surface area contributed by atoms with Crippen LogP contribution in [0.1, 0.15) is 71.1 Å². The van der Waals surface area contributed by atoms with Gasteiger partial charge in [-0.05, 0) is 44.9 Å². The summed E-state index contributed by atoms with van der Waals surface area (Å²) >= 11 is 0. The molecule has 0 radical (unpaired) electrons. The molecule has 0 aromatic heterocycles. The molecular formula is C25H34O6. The van der Waals surface area contributed by atoms with Crippen molar-refractivity contribution in [3.63, 3.8) is 0 Å². The first kappa shape index (κ1) is 28.0. The van der Waals surface area contributed by atoms with Crippen molar-refractivity contribution in [3.8, 4) is 0 Å². The molecule has 0 unspecified atom stereocenters. The molecule has 0 aromatic rings. The number of esters is 2. The summed E-state index contributed by atoms with van der Waals surface area (Å²) in [5.41, 5.74) is 0. The van der Waals surface area contributed by atoms with Crippen LogP contribution in [-0.2, 0) is 23.9 Å². The number of hydrogen-bond donors (Lipinski definition) is 1. The fourth-order valence-electron chi connectivity index (χ4n) is 2.27.